The Bertz CT molecular complexity index is 774. The van der Waals surface area contributed by atoms with Crippen molar-refractivity contribution in [3.8, 4) is 0 Å². The molecule has 0 aromatic heterocycles. The van der Waals surface area contributed by atoms with Crippen molar-refractivity contribution in [2.75, 3.05) is 31.4 Å². The normalized spacial score (nSPS) is 10.8. The number of esters is 1. The highest BCUT2D eigenvalue weighted by Gasteiger charge is 2.29. The number of methoxy groups -OCH3 is 1. The summed E-state index contributed by atoms with van der Waals surface area (Å²) >= 11 is 1.66. The summed E-state index contributed by atoms with van der Waals surface area (Å²) in [5.41, 5.74) is 1.16. The van der Waals surface area contributed by atoms with Crippen LogP contribution in [0.25, 0.3) is 0 Å². The molecular weight excluding hydrogens is 423 g/mol. The maximum absolute atomic E-state index is 11.8. The van der Waals surface area contributed by atoms with Crippen LogP contribution in [-0.4, -0.2) is 32.4 Å². The molecule has 7 heteroatoms. The van der Waals surface area contributed by atoms with Crippen molar-refractivity contribution in [3.63, 3.8) is 0 Å². The summed E-state index contributed by atoms with van der Waals surface area (Å²) in [5.74, 6) is -0.266. The molecule has 0 aliphatic rings. The van der Waals surface area contributed by atoms with Gasteiger partial charge in [-0.15, -0.1) is 11.8 Å². The Hall–Kier alpha value is -2.15. The van der Waals surface area contributed by atoms with Crippen LogP contribution in [-0.2, 0) is 10.9 Å². The third-order valence-corrected chi connectivity index (χ3v) is 5.28. The van der Waals surface area contributed by atoms with Gasteiger partial charge in [0.15, 0.2) is 0 Å². The van der Waals surface area contributed by atoms with Crippen molar-refractivity contribution in [1.29, 1.82) is 0 Å². The fourth-order valence-corrected chi connectivity index (χ4v) is 3.30. The van der Waals surface area contributed by atoms with Gasteiger partial charge in [-0.1, -0.05) is 57.0 Å². The molecule has 2 rings (SSSR count). The van der Waals surface area contributed by atoms with Crippen molar-refractivity contribution in [3.05, 3.63) is 59.7 Å². The molecule has 2 aromatic carbocycles. The van der Waals surface area contributed by atoms with E-state index in [1.807, 2.05) is 18.4 Å². The Morgan fingerprint density at radius 1 is 1.00 bits per heavy atom. The van der Waals surface area contributed by atoms with E-state index in [0.29, 0.717) is 5.56 Å². The molecule has 0 saturated heterocycles. The Morgan fingerprint density at radius 2 is 1.58 bits per heavy atom. The highest BCUT2D eigenvalue weighted by molar-refractivity contribution is 7.98. The first-order valence-electron chi connectivity index (χ1n) is 10.4. The highest BCUT2D eigenvalue weighted by atomic mass is 32.2. The van der Waals surface area contributed by atoms with Gasteiger partial charge in [0.2, 0.25) is 0 Å². The molecule has 0 amide bonds. The zero-order valence-corrected chi connectivity index (χ0v) is 19.5. The molecule has 0 atom stereocenters. The topological polar surface area (TPSA) is 29.5 Å². The summed E-state index contributed by atoms with van der Waals surface area (Å²) in [6.45, 7) is 6.48. The molecule has 0 aliphatic carbocycles. The zero-order valence-electron chi connectivity index (χ0n) is 18.7. The lowest BCUT2D eigenvalue weighted by Crippen LogP contribution is -2.26. The smallest absolute Gasteiger partial charge is 0.416 e. The Labute approximate surface area is 188 Å². The summed E-state index contributed by atoms with van der Waals surface area (Å²) in [6.07, 6.45) is 2.51. The molecule has 0 saturated carbocycles. The maximum atomic E-state index is 11.8. The summed E-state index contributed by atoms with van der Waals surface area (Å²) in [7, 11) is 1.43. The molecule has 172 valence electrons. The summed E-state index contributed by atoms with van der Waals surface area (Å²) in [6, 6.07) is 12.4. The summed E-state index contributed by atoms with van der Waals surface area (Å²) < 4.78 is 40.2. The van der Waals surface area contributed by atoms with Crippen molar-refractivity contribution in [2.45, 2.75) is 50.6 Å². The molecule has 31 heavy (non-hydrogen) atoms. The van der Waals surface area contributed by atoms with Gasteiger partial charge in [-0.05, 0) is 37.3 Å². The number of unbranched alkanes of at least 4 members (excludes halogenated alkanes) is 2. The number of carbonyl (C=O) groups is 1. The Morgan fingerprint density at radius 3 is 2.00 bits per heavy atom. The number of nitrogens with zero attached hydrogens (tertiary/aromatic N) is 1. The lowest BCUT2D eigenvalue weighted by atomic mass is 10.1. The van der Waals surface area contributed by atoms with E-state index in [-0.39, 0.29) is 5.97 Å². The average molecular weight is 456 g/mol. The van der Waals surface area contributed by atoms with Gasteiger partial charge >= 0.3 is 12.1 Å². The third kappa shape index (κ3) is 9.68. The fraction of sp³-hybridized carbons (Fsp3) is 0.458. The number of carbonyl (C=O) groups excluding carboxylic acids is 1. The van der Waals surface area contributed by atoms with E-state index in [0.717, 1.165) is 35.8 Å². The molecule has 0 fully saturated rings. The SMILES string of the molecule is CCCCN(CCCC)c1cc(SC)cc(C(=O)OC)c1.FC(F)(F)c1ccccc1. The second-order valence-electron chi connectivity index (χ2n) is 6.97. The number of thioether (sulfide) groups is 1. The van der Waals surface area contributed by atoms with Crippen LogP contribution in [0.1, 0.15) is 55.5 Å². The van der Waals surface area contributed by atoms with Crippen molar-refractivity contribution in [2.24, 2.45) is 0 Å². The maximum Gasteiger partial charge on any atom is 0.416 e. The minimum Gasteiger partial charge on any atom is -0.465 e. The van der Waals surface area contributed by atoms with Gasteiger partial charge in [-0.2, -0.15) is 13.2 Å². The molecule has 0 aliphatic heterocycles. The third-order valence-electron chi connectivity index (χ3n) is 4.58. The first-order chi connectivity index (χ1) is 14.8. The Balaban J connectivity index is 0.000000399. The quantitative estimate of drug-likeness (QED) is 0.293. The van der Waals surface area contributed by atoms with E-state index < -0.39 is 11.7 Å². The number of ether oxygens (including phenoxy) is 1. The first kappa shape index (κ1) is 26.9. The van der Waals surface area contributed by atoms with Crippen molar-refractivity contribution in [1.82, 2.24) is 0 Å². The molecule has 0 bridgehead atoms. The van der Waals surface area contributed by atoms with Crippen LogP contribution >= 0.6 is 11.8 Å². The monoisotopic (exact) mass is 455 g/mol. The van der Waals surface area contributed by atoms with E-state index in [9.17, 15) is 18.0 Å². The summed E-state index contributed by atoms with van der Waals surface area (Å²) in [4.78, 5) is 15.3. The molecule has 0 spiro atoms. The van der Waals surface area contributed by atoms with E-state index in [1.54, 1.807) is 17.8 Å². The number of benzene rings is 2. The van der Waals surface area contributed by atoms with E-state index in [1.165, 1.54) is 44.9 Å². The fourth-order valence-electron chi connectivity index (χ4n) is 2.81. The molecule has 0 unspecified atom stereocenters. The number of rotatable bonds is 9. The van der Waals surface area contributed by atoms with Crippen molar-refractivity contribution < 1.29 is 22.7 Å². The van der Waals surface area contributed by atoms with Crippen LogP contribution in [0.3, 0.4) is 0 Å². The van der Waals surface area contributed by atoms with Gasteiger partial charge in [-0.25, -0.2) is 4.79 Å². The van der Waals surface area contributed by atoms with Gasteiger partial charge in [0.1, 0.15) is 0 Å². The second-order valence-corrected chi connectivity index (χ2v) is 7.85. The molecule has 3 nitrogen and oxygen atoms in total. The first-order valence-corrected chi connectivity index (χ1v) is 11.6. The van der Waals surface area contributed by atoms with Gasteiger partial charge in [-0.3, -0.25) is 0 Å². The largest absolute Gasteiger partial charge is 0.465 e. The van der Waals surface area contributed by atoms with Gasteiger partial charge in [0.25, 0.3) is 0 Å². The minimum absolute atomic E-state index is 0.266. The van der Waals surface area contributed by atoms with Crippen molar-refractivity contribution >= 4 is 23.4 Å². The van der Waals surface area contributed by atoms with Gasteiger partial charge < -0.3 is 9.64 Å². The number of hydrogen-bond donors (Lipinski definition) is 0. The van der Waals surface area contributed by atoms with Crippen LogP contribution in [0, 0.1) is 0 Å². The summed E-state index contributed by atoms with van der Waals surface area (Å²) in [5, 5.41) is 0. The Kier molecular flexibility index (Phi) is 12.2. The number of alkyl halides is 3. The van der Waals surface area contributed by atoms with Crippen LogP contribution in [0.15, 0.2) is 53.4 Å². The van der Waals surface area contributed by atoms with E-state index in [4.69, 9.17) is 4.74 Å². The van der Waals surface area contributed by atoms with Crippen LogP contribution < -0.4 is 4.90 Å². The number of anilines is 1. The van der Waals surface area contributed by atoms with Gasteiger partial charge in [0, 0.05) is 23.7 Å². The van der Waals surface area contributed by atoms with E-state index in [2.05, 4.69) is 24.8 Å². The predicted molar refractivity (Wildman–Crippen MR) is 123 cm³/mol. The zero-order chi connectivity index (χ0) is 23.3. The molecule has 0 heterocycles. The standard InChI is InChI=1S/C17H27NO2S.C7H5F3/c1-5-7-9-18(10-8-6-2)15-11-14(17(19)20-3)12-16(13-15)21-4;8-7(9,10)6-4-2-1-3-5-6/h11-13H,5-10H2,1-4H3;1-5H. The number of hydrogen-bond acceptors (Lipinski definition) is 4. The average Bonchev–Trinajstić information content (AvgIpc) is 2.78. The molecule has 0 radical (unpaired) electrons. The molecule has 2 aromatic rings. The highest BCUT2D eigenvalue weighted by Crippen LogP contribution is 2.28. The lowest BCUT2D eigenvalue weighted by molar-refractivity contribution is -0.137. The molecule has 0 N–H and O–H groups in total. The van der Waals surface area contributed by atoms with Crippen LogP contribution in [0.5, 0.6) is 0 Å². The lowest BCUT2D eigenvalue weighted by Gasteiger charge is -2.25. The predicted octanol–water partition coefficient (Wildman–Crippen LogP) is 7.31. The van der Waals surface area contributed by atoms with Crippen LogP contribution in [0.4, 0.5) is 18.9 Å². The van der Waals surface area contributed by atoms with Crippen LogP contribution in [0.2, 0.25) is 0 Å². The molecular formula is C24H32F3NO2S. The minimum atomic E-state index is -4.21. The van der Waals surface area contributed by atoms with Gasteiger partial charge in [0.05, 0.1) is 18.2 Å². The van der Waals surface area contributed by atoms with E-state index >= 15 is 0 Å². The second kappa shape index (κ2) is 14.0. The number of halogens is 3.